The third-order valence-corrected chi connectivity index (χ3v) is 3.00. The van der Waals surface area contributed by atoms with Crippen molar-refractivity contribution in [3.63, 3.8) is 0 Å². The van der Waals surface area contributed by atoms with Crippen molar-refractivity contribution in [1.82, 2.24) is 24.9 Å². The first-order valence-corrected chi connectivity index (χ1v) is 6.14. The van der Waals surface area contributed by atoms with Gasteiger partial charge in [0, 0.05) is 24.9 Å². The molecule has 0 bridgehead atoms. The van der Waals surface area contributed by atoms with E-state index in [9.17, 15) is 0 Å². The molecule has 0 amide bonds. The molecule has 1 N–H and O–H groups in total. The Kier molecular flexibility index (Phi) is 3.68. The summed E-state index contributed by atoms with van der Waals surface area (Å²) in [5, 5.41) is 11.7. The van der Waals surface area contributed by atoms with Crippen LogP contribution in [0.5, 0.6) is 0 Å². The first-order chi connectivity index (χ1) is 8.26. The van der Waals surface area contributed by atoms with Crippen LogP contribution in [0.25, 0.3) is 5.65 Å². The molecule has 17 heavy (non-hydrogen) atoms. The molecule has 0 spiro atoms. The van der Waals surface area contributed by atoms with E-state index in [2.05, 4.69) is 34.3 Å². The Labute approximate surface area is 101 Å². The van der Waals surface area contributed by atoms with Gasteiger partial charge in [-0.15, -0.1) is 10.2 Å². The van der Waals surface area contributed by atoms with E-state index in [0.717, 1.165) is 36.6 Å². The van der Waals surface area contributed by atoms with Gasteiger partial charge in [-0.3, -0.25) is 9.38 Å². The van der Waals surface area contributed by atoms with Crippen molar-refractivity contribution in [3.05, 3.63) is 23.9 Å². The predicted octanol–water partition coefficient (Wildman–Crippen LogP) is 1.36. The highest BCUT2D eigenvalue weighted by atomic mass is 15.2. The zero-order valence-corrected chi connectivity index (χ0v) is 10.6. The Morgan fingerprint density at radius 3 is 2.88 bits per heavy atom. The summed E-state index contributed by atoms with van der Waals surface area (Å²) in [6.45, 7) is 7.24. The molecule has 0 aromatic carbocycles. The lowest BCUT2D eigenvalue weighted by atomic mass is 10.1. The number of hydrogen-bond donors (Lipinski definition) is 1. The van der Waals surface area contributed by atoms with Crippen molar-refractivity contribution in [1.29, 1.82) is 0 Å². The molecule has 5 heteroatoms. The molecule has 92 valence electrons. The van der Waals surface area contributed by atoms with Crippen LogP contribution in [-0.4, -0.2) is 32.2 Å². The van der Waals surface area contributed by atoms with E-state index in [4.69, 9.17) is 0 Å². The summed E-state index contributed by atoms with van der Waals surface area (Å²) in [4.78, 5) is 4.43. The topological polar surface area (TPSA) is 55.1 Å². The second-order valence-electron chi connectivity index (χ2n) is 4.18. The molecule has 0 radical (unpaired) electrons. The van der Waals surface area contributed by atoms with Crippen molar-refractivity contribution >= 4 is 5.65 Å². The quantitative estimate of drug-likeness (QED) is 0.847. The number of likely N-dealkylation sites (N-methyl/N-ethyl adjacent to an activating group) is 1. The van der Waals surface area contributed by atoms with Crippen molar-refractivity contribution in [2.75, 3.05) is 6.54 Å². The summed E-state index contributed by atoms with van der Waals surface area (Å²) >= 11 is 0. The molecule has 2 aromatic heterocycles. The minimum absolute atomic E-state index is 0.454. The lowest BCUT2D eigenvalue weighted by Gasteiger charge is -2.15. The minimum atomic E-state index is 0.454. The van der Waals surface area contributed by atoms with Gasteiger partial charge in [-0.05, 0) is 19.9 Å². The van der Waals surface area contributed by atoms with E-state index in [1.165, 1.54) is 0 Å². The van der Waals surface area contributed by atoms with Gasteiger partial charge >= 0.3 is 0 Å². The first kappa shape index (κ1) is 12.0. The molecule has 2 rings (SSSR count). The van der Waals surface area contributed by atoms with E-state index in [-0.39, 0.29) is 0 Å². The van der Waals surface area contributed by atoms with E-state index >= 15 is 0 Å². The number of aryl methyl sites for hydroxylation is 1. The maximum atomic E-state index is 4.43. The van der Waals surface area contributed by atoms with Crippen LogP contribution < -0.4 is 5.32 Å². The summed E-state index contributed by atoms with van der Waals surface area (Å²) in [6.07, 6.45) is 5.70. The molecule has 2 aromatic rings. The highest BCUT2D eigenvalue weighted by Gasteiger charge is 2.12. The third-order valence-electron chi connectivity index (χ3n) is 3.00. The third kappa shape index (κ3) is 2.44. The summed E-state index contributed by atoms with van der Waals surface area (Å²) < 4.78 is 1.99. The number of nitrogens with zero attached hydrogens (tertiary/aromatic N) is 4. The standard InChI is InChI=1S/C12H19N5/c1-4-10(13-5-2)8-11-12-16-15-9(3)17(12)7-6-14-11/h6-7,10,13H,4-5,8H2,1-3H3. The van der Waals surface area contributed by atoms with Gasteiger partial charge in [-0.25, -0.2) is 0 Å². The van der Waals surface area contributed by atoms with Crippen LogP contribution in [0.3, 0.4) is 0 Å². The molecule has 0 aliphatic rings. The monoisotopic (exact) mass is 233 g/mol. The Hall–Kier alpha value is -1.49. The summed E-state index contributed by atoms with van der Waals surface area (Å²) in [7, 11) is 0. The molecule has 0 saturated heterocycles. The second kappa shape index (κ2) is 5.23. The lowest BCUT2D eigenvalue weighted by molar-refractivity contribution is 0.506. The van der Waals surface area contributed by atoms with Crippen LogP contribution in [0.1, 0.15) is 31.8 Å². The van der Waals surface area contributed by atoms with Crippen LogP contribution in [0, 0.1) is 6.92 Å². The molecular formula is C12H19N5. The van der Waals surface area contributed by atoms with Gasteiger partial charge in [0.2, 0.25) is 0 Å². The summed E-state index contributed by atoms with van der Waals surface area (Å²) in [6, 6.07) is 0.454. The molecule has 2 heterocycles. The number of fused-ring (bicyclic) bond motifs is 1. The Bertz CT molecular complexity index is 491. The van der Waals surface area contributed by atoms with Gasteiger partial charge in [-0.2, -0.15) is 0 Å². The van der Waals surface area contributed by atoms with E-state index in [1.807, 2.05) is 23.7 Å². The molecule has 0 aliphatic carbocycles. The minimum Gasteiger partial charge on any atom is -0.314 e. The SMILES string of the molecule is CCNC(CC)Cc1nccn2c(C)nnc12. The largest absolute Gasteiger partial charge is 0.314 e. The van der Waals surface area contributed by atoms with Gasteiger partial charge in [0.15, 0.2) is 5.65 Å². The van der Waals surface area contributed by atoms with Gasteiger partial charge in [-0.1, -0.05) is 13.8 Å². The van der Waals surface area contributed by atoms with E-state index in [1.54, 1.807) is 0 Å². The van der Waals surface area contributed by atoms with Gasteiger partial charge in [0.1, 0.15) is 5.82 Å². The van der Waals surface area contributed by atoms with Crippen molar-refractivity contribution < 1.29 is 0 Å². The Morgan fingerprint density at radius 1 is 1.35 bits per heavy atom. The maximum Gasteiger partial charge on any atom is 0.182 e. The number of nitrogens with one attached hydrogen (secondary N) is 1. The number of aromatic nitrogens is 4. The fourth-order valence-electron chi connectivity index (χ4n) is 2.02. The highest BCUT2D eigenvalue weighted by Crippen LogP contribution is 2.10. The zero-order chi connectivity index (χ0) is 12.3. The van der Waals surface area contributed by atoms with Gasteiger partial charge in [0.05, 0.1) is 5.69 Å². The van der Waals surface area contributed by atoms with E-state index < -0.39 is 0 Å². The Morgan fingerprint density at radius 2 is 2.18 bits per heavy atom. The van der Waals surface area contributed by atoms with Crippen LogP contribution in [0.2, 0.25) is 0 Å². The van der Waals surface area contributed by atoms with Crippen LogP contribution in [0.4, 0.5) is 0 Å². The van der Waals surface area contributed by atoms with Gasteiger partial charge < -0.3 is 5.32 Å². The second-order valence-corrected chi connectivity index (χ2v) is 4.18. The maximum absolute atomic E-state index is 4.43. The lowest BCUT2D eigenvalue weighted by Crippen LogP contribution is -2.30. The molecule has 0 saturated carbocycles. The zero-order valence-electron chi connectivity index (χ0n) is 10.6. The van der Waals surface area contributed by atoms with Gasteiger partial charge in [0.25, 0.3) is 0 Å². The fourth-order valence-corrected chi connectivity index (χ4v) is 2.02. The van der Waals surface area contributed by atoms with Crippen molar-refractivity contribution in [3.8, 4) is 0 Å². The number of rotatable bonds is 5. The molecule has 0 fully saturated rings. The average Bonchev–Trinajstić information content (AvgIpc) is 2.72. The van der Waals surface area contributed by atoms with Crippen LogP contribution in [0.15, 0.2) is 12.4 Å². The smallest absolute Gasteiger partial charge is 0.182 e. The molecule has 5 nitrogen and oxygen atoms in total. The summed E-state index contributed by atoms with van der Waals surface area (Å²) in [5.74, 6) is 0.903. The van der Waals surface area contributed by atoms with Crippen molar-refractivity contribution in [2.45, 2.75) is 39.7 Å². The normalized spacial score (nSPS) is 13.1. The number of hydrogen-bond acceptors (Lipinski definition) is 4. The van der Waals surface area contributed by atoms with Crippen LogP contribution in [-0.2, 0) is 6.42 Å². The predicted molar refractivity (Wildman–Crippen MR) is 67.0 cm³/mol. The molecule has 0 aliphatic heterocycles. The van der Waals surface area contributed by atoms with Crippen LogP contribution >= 0.6 is 0 Å². The average molecular weight is 233 g/mol. The Balaban J connectivity index is 2.29. The molecule has 1 atom stereocenters. The summed E-state index contributed by atoms with van der Waals surface area (Å²) in [5.41, 5.74) is 1.89. The van der Waals surface area contributed by atoms with Crippen molar-refractivity contribution in [2.24, 2.45) is 0 Å². The highest BCUT2D eigenvalue weighted by molar-refractivity contribution is 5.43. The van der Waals surface area contributed by atoms with E-state index in [0.29, 0.717) is 6.04 Å². The molecular weight excluding hydrogens is 214 g/mol. The first-order valence-electron chi connectivity index (χ1n) is 6.14. The molecule has 1 unspecified atom stereocenters. The fraction of sp³-hybridized carbons (Fsp3) is 0.583.